The molecule has 0 aliphatic carbocycles. The van der Waals surface area contributed by atoms with Crippen LogP contribution in [0.1, 0.15) is 81.1 Å². The van der Waals surface area contributed by atoms with Gasteiger partial charge in [-0.1, -0.05) is 74.7 Å². The Labute approximate surface area is 117 Å². The summed E-state index contributed by atoms with van der Waals surface area (Å²) >= 11 is 0. The van der Waals surface area contributed by atoms with Gasteiger partial charge in [-0.3, -0.25) is 0 Å². The maximum Gasteiger partial charge on any atom is -0.0337 e. The molecule has 0 rings (SSSR count). The minimum atomic E-state index is 0.830. The van der Waals surface area contributed by atoms with E-state index in [0.29, 0.717) is 0 Å². The Kier molecular flexibility index (Phi) is 8.99. The molecule has 0 aromatic heterocycles. The standard InChI is InChI=1S/C18H38/c1-9-17(12-14(4)5)18(15(6)7)16(8)11-10-13(2)3/h13-18H,9-12H2,1-8H3. The van der Waals surface area contributed by atoms with Crippen molar-refractivity contribution in [2.24, 2.45) is 35.5 Å². The third kappa shape index (κ3) is 6.81. The molecule has 0 bridgehead atoms. The third-order valence-electron chi connectivity index (χ3n) is 4.47. The Bertz CT molecular complexity index is 190. The summed E-state index contributed by atoms with van der Waals surface area (Å²) in [7, 11) is 0. The summed E-state index contributed by atoms with van der Waals surface area (Å²) in [6.45, 7) is 19.2. The van der Waals surface area contributed by atoms with Crippen LogP contribution < -0.4 is 0 Å². The molecule has 0 spiro atoms. The van der Waals surface area contributed by atoms with Gasteiger partial charge in [0, 0.05) is 0 Å². The Morgan fingerprint density at radius 1 is 0.722 bits per heavy atom. The van der Waals surface area contributed by atoms with E-state index in [4.69, 9.17) is 0 Å². The van der Waals surface area contributed by atoms with Gasteiger partial charge in [-0.25, -0.2) is 0 Å². The van der Waals surface area contributed by atoms with E-state index in [1.807, 2.05) is 0 Å². The average molecular weight is 255 g/mol. The molecule has 3 atom stereocenters. The van der Waals surface area contributed by atoms with E-state index in [-0.39, 0.29) is 0 Å². The van der Waals surface area contributed by atoms with E-state index in [9.17, 15) is 0 Å². The Hall–Kier alpha value is 0. The summed E-state index contributed by atoms with van der Waals surface area (Å²) in [5.41, 5.74) is 0. The van der Waals surface area contributed by atoms with E-state index < -0.39 is 0 Å². The SMILES string of the molecule is CCC(CC(C)C)C(C(C)C)C(C)CCC(C)C. The molecule has 0 nitrogen and oxygen atoms in total. The maximum atomic E-state index is 2.50. The van der Waals surface area contributed by atoms with Gasteiger partial charge in [0.1, 0.15) is 0 Å². The monoisotopic (exact) mass is 254 g/mol. The van der Waals surface area contributed by atoms with E-state index >= 15 is 0 Å². The van der Waals surface area contributed by atoms with E-state index in [2.05, 4.69) is 55.4 Å². The van der Waals surface area contributed by atoms with Gasteiger partial charge in [-0.05, 0) is 41.9 Å². The molecule has 0 aliphatic rings. The molecule has 0 heterocycles. The molecule has 110 valence electrons. The predicted molar refractivity (Wildman–Crippen MR) is 84.8 cm³/mol. The molecule has 0 amide bonds. The molecule has 3 unspecified atom stereocenters. The van der Waals surface area contributed by atoms with Gasteiger partial charge in [0.25, 0.3) is 0 Å². The van der Waals surface area contributed by atoms with Crippen molar-refractivity contribution in [1.29, 1.82) is 0 Å². The Morgan fingerprint density at radius 3 is 1.61 bits per heavy atom. The van der Waals surface area contributed by atoms with E-state index in [1.54, 1.807) is 0 Å². The molecule has 0 aromatic rings. The van der Waals surface area contributed by atoms with Crippen LogP contribution in [0.15, 0.2) is 0 Å². The van der Waals surface area contributed by atoms with Crippen LogP contribution in [0.25, 0.3) is 0 Å². The fourth-order valence-electron chi connectivity index (χ4n) is 3.66. The zero-order valence-electron chi connectivity index (χ0n) is 14.3. The molecule has 0 aromatic carbocycles. The summed E-state index contributed by atoms with van der Waals surface area (Å²) in [5, 5.41) is 0. The van der Waals surface area contributed by atoms with Crippen LogP contribution in [0.4, 0.5) is 0 Å². The molecule has 18 heavy (non-hydrogen) atoms. The van der Waals surface area contributed by atoms with Gasteiger partial charge in [-0.15, -0.1) is 0 Å². The molecule has 0 radical (unpaired) electrons. The second-order valence-corrected chi connectivity index (χ2v) is 7.57. The van der Waals surface area contributed by atoms with Gasteiger partial charge < -0.3 is 0 Å². The molecule has 0 N–H and O–H groups in total. The van der Waals surface area contributed by atoms with Gasteiger partial charge in [-0.2, -0.15) is 0 Å². The van der Waals surface area contributed by atoms with Crippen molar-refractivity contribution in [3.05, 3.63) is 0 Å². The van der Waals surface area contributed by atoms with E-state index in [0.717, 1.165) is 35.5 Å². The van der Waals surface area contributed by atoms with Crippen molar-refractivity contribution >= 4 is 0 Å². The highest BCUT2D eigenvalue weighted by atomic mass is 14.3. The zero-order chi connectivity index (χ0) is 14.3. The summed E-state index contributed by atoms with van der Waals surface area (Å²) in [4.78, 5) is 0. The van der Waals surface area contributed by atoms with Crippen LogP contribution >= 0.6 is 0 Å². The second kappa shape index (κ2) is 8.99. The predicted octanol–water partition coefficient (Wildman–Crippen LogP) is 6.40. The smallest absolute Gasteiger partial charge is 0.0337 e. The van der Waals surface area contributed by atoms with Crippen molar-refractivity contribution in [2.75, 3.05) is 0 Å². The molecule has 0 saturated carbocycles. The van der Waals surface area contributed by atoms with Gasteiger partial charge >= 0.3 is 0 Å². The summed E-state index contributed by atoms with van der Waals surface area (Å²) in [6.07, 6.45) is 5.57. The van der Waals surface area contributed by atoms with Crippen LogP contribution in [-0.2, 0) is 0 Å². The fraction of sp³-hybridized carbons (Fsp3) is 1.00. The number of rotatable bonds is 9. The van der Waals surface area contributed by atoms with Crippen molar-refractivity contribution in [2.45, 2.75) is 81.1 Å². The quantitative estimate of drug-likeness (QED) is 0.446. The molecule has 0 saturated heterocycles. The summed E-state index contributed by atoms with van der Waals surface area (Å²) in [5.74, 6) is 5.24. The first-order valence-electron chi connectivity index (χ1n) is 8.29. The zero-order valence-corrected chi connectivity index (χ0v) is 14.3. The maximum absolute atomic E-state index is 2.50. The van der Waals surface area contributed by atoms with Gasteiger partial charge in [0.15, 0.2) is 0 Å². The number of hydrogen-bond acceptors (Lipinski definition) is 0. The first kappa shape index (κ1) is 18.0. The lowest BCUT2D eigenvalue weighted by Crippen LogP contribution is -2.28. The van der Waals surface area contributed by atoms with Crippen LogP contribution in [0.2, 0.25) is 0 Å². The largest absolute Gasteiger partial charge is 0.0651 e. The third-order valence-corrected chi connectivity index (χ3v) is 4.47. The van der Waals surface area contributed by atoms with Crippen molar-refractivity contribution in [1.82, 2.24) is 0 Å². The van der Waals surface area contributed by atoms with Crippen LogP contribution in [0.3, 0.4) is 0 Å². The first-order chi connectivity index (χ1) is 8.29. The van der Waals surface area contributed by atoms with Gasteiger partial charge in [0.2, 0.25) is 0 Å². The summed E-state index contributed by atoms with van der Waals surface area (Å²) < 4.78 is 0. The van der Waals surface area contributed by atoms with Crippen LogP contribution in [-0.4, -0.2) is 0 Å². The van der Waals surface area contributed by atoms with Crippen molar-refractivity contribution < 1.29 is 0 Å². The Balaban J connectivity index is 4.59. The van der Waals surface area contributed by atoms with Crippen molar-refractivity contribution in [3.63, 3.8) is 0 Å². The minimum absolute atomic E-state index is 0.830. The minimum Gasteiger partial charge on any atom is -0.0651 e. The van der Waals surface area contributed by atoms with Gasteiger partial charge in [0.05, 0.1) is 0 Å². The highest BCUT2D eigenvalue weighted by Gasteiger charge is 2.28. The fourth-order valence-corrected chi connectivity index (χ4v) is 3.66. The van der Waals surface area contributed by atoms with E-state index in [1.165, 1.54) is 25.7 Å². The van der Waals surface area contributed by atoms with Crippen LogP contribution in [0, 0.1) is 35.5 Å². The van der Waals surface area contributed by atoms with Crippen LogP contribution in [0.5, 0.6) is 0 Å². The molecule has 0 heteroatoms. The molecular formula is C18H38. The topological polar surface area (TPSA) is 0 Å². The highest BCUT2D eigenvalue weighted by Crippen LogP contribution is 2.37. The lowest BCUT2D eigenvalue weighted by atomic mass is 9.70. The van der Waals surface area contributed by atoms with Crippen molar-refractivity contribution in [3.8, 4) is 0 Å². The highest BCUT2D eigenvalue weighted by molar-refractivity contribution is 4.78. The normalized spacial score (nSPS) is 17.5. The lowest BCUT2D eigenvalue weighted by Gasteiger charge is -2.36. The molecule has 0 fully saturated rings. The molecular weight excluding hydrogens is 216 g/mol. The average Bonchev–Trinajstić information content (AvgIpc) is 2.24. The molecule has 0 aliphatic heterocycles. The first-order valence-corrected chi connectivity index (χ1v) is 8.29. The number of hydrogen-bond donors (Lipinski definition) is 0. The lowest BCUT2D eigenvalue weighted by molar-refractivity contribution is 0.138. The second-order valence-electron chi connectivity index (χ2n) is 7.57. The Morgan fingerprint density at radius 2 is 1.28 bits per heavy atom. The summed E-state index contributed by atoms with van der Waals surface area (Å²) in [6, 6.07) is 0.